The van der Waals surface area contributed by atoms with E-state index in [1.165, 1.54) is 12.1 Å². The molecule has 2 nitrogen and oxygen atoms in total. The number of halogens is 2. The van der Waals surface area contributed by atoms with E-state index < -0.39 is 17.2 Å². The third-order valence-corrected chi connectivity index (χ3v) is 3.18. The number of nitrogens with two attached hydrogens (primary N) is 1. The summed E-state index contributed by atoms with van der Waals surface area (Å²) in [5, 5.41) is 0. The lowest BCUT2D eigenvalue weighted by Gasteiger charge is -2.28. The van der Waals surface area contributed by atoms with Crippen molar-refractivity contribution in [1.29, 1.82) is 0 Å². The minimum atomic E-state index is -0.832. The van der Waals surface area contributed by atoms with Crippen molar-refractivity contribution >= 4 is 5.69 Å². The van der Waals surface area contributed by atoms with Gasteiger partial charge < -0.3 is 10.6 Å². The van der Waals surface area contributed by atoms with Crippen LogP contribution in [0.15, 0.2) is 12.1 Å². The summed E-state index contributed by atoms with van der Waals surface area (Å²) in [6, 6.07) is 2.49. The highest BCUT2D eigenvalue weighted by atomic mass is 19.2. The number of nitrogens with zero attached hydrogens (tertiary/aromatic N) is 1. The Bertz CT molecular complexity index is 418. The van der Waals surface area contributed by atoms with E-state index in [1.54, 1.807) is 13.8 Å². The summed E-state index contributed by atoms with van der Waals surface area (Å²) in [5.74, 6) is -1.64. The molecule has 1 saturated heterocycles. The van der Waals surface area contributed by atoms with Crippen molar-refractivity contribution < 1.29 is 8.78 Å². The number of rotatable bonds is 2. The summed E-state index contributed by atoms with van der Waals surface area (Å²) in [7, 11) is 0. The molecule has 1 aliphatic rings. The molecule has 94 valence electrons. The van der Waals surface area contributed by atoms with Gasteiger partial charge in [0.2, 0.25) is 0 Å². The van der Waals surface area contributed by atoms with Gasteiger partial charge in [-0.15, -0.1) is 0 Å². The summed E-state index contributed by atoms with van der Waals surface area (Å²) in [6.45, 7) is 5.38. The predicted molar refractivity (Wildman–Crippen MR) is 65.0 cm³/mol. The van der Waals surface area contributed by atoms with Gasteiger partial charge in [-0.3, -0.25) is 0 Å². The molecule has 2 N–H and O–H groups in total. The van der Waals surface area contributed by atoms with Crippen molar-refractivity contribution in [2.75, 3.05) is 18.0 Å². The van der Waals surface area contributed by atoms with Crippen LogP contribution in [-0.4, -0.2) is 13.1 Å². The number of anilines is 1. The van der Waals surface area contributed by atoms with Gasteiger partial charge in [-0.1, -0.05) is 0 Å². The summed E-state index contributed by atoms with van der Waals surface area (Å²) < 4.78 is 26.7. The van der Waals surface area contributed by atoms with E-state index in [0.717, 1.165) is 31.6 Å². The average Bonchev–Trinajstić information content (AvgIpc) is 2.73. The first kappa shape index (κ1) is 12.3. The molecule has 1 heterocycles. The van der Waals surface area contributed by atoms with Gasteiger partial charge in [-0.25, -0.2) is 8.78 Å². The van der Waals surface area contributed by atoms with E-state index in [-0.39, 0.29) is 0 Å². The zero-order chi connectivity index (χ0) is 12.6. The molecule has 0 atom stereocenters. The summed E-state index contributed by atoms with van der Waals surface area (Å²) in [5.41, 5.74) is 6.75. The average molecular weight is 240 g/mol. The van der Waals surface area contributed by atoms with Gasteiger partial charge in [0.05, 0.1) is 0 Å². The zero-order valence-electron chi connectivity index (χ0n) is 10.3. The third-order valence-electron chi connectivity index (χ3n) is 3.18. The molecular weight excluding hydrogens is 222 g/mol. The van der Waals surface area contributed by atoms with E-state index in [0.29, 0.717) is 5.56 Å². The first-order valence-electron chi connectivity index (χ1n) is 5.93. The van der Waals surface area contributed by atoms with Crippen LogP contribution in [0.1, 0.15) is 32.3 Å². The van der Waals surface area contributed by atoms with Gasteiger partial charge in [-0.2, -0.15) is 0 Å². The molecule has 0 bridgehead atoms. The van der Waals surface area contributed by atoms with Crippen LogP contribution in [0.4, 0.5) is 14.5 Å². The van der Waals surface area contributed by atoms with Crippen molar-refractivity contribution in [1.82, 2.24) is 0 Å². The molecule has 0 aliphatic carbocycles. The fourth-order valence-electron chi connectivity index (χ4n) is 2.27. The Labute approximate surface area is 100 Å². The minimum Gasteiger partial charge on any atom is -0.371 e. The van der Waals surface area contributed by atoms with Crippen molar-refractivity contribution in [2.24, 2.45) is 5.73 Å². The minimum absolute atomic E-state index is 0.665. The molecule has 1 fully saturated rings. The molecular formula is C13H18F2N2. The van der Waals surface area contributed by atoms with Crippen LogP contribution in [0.25, 0.3) is 0 Å². The number of hydrogen-bond donors (Lipinski definition) is 1. The second kappa shape index (κ2) is 4.26. The molecule has 0 amide bonds. The van der Waals surface area contributed by atoms with Crippen LogP contribution in [0.5, 0.6) is 0 Å². The van der Waals surface area contributed by atoms with E-state index in [9.17, 15) is 8.78 Å². The van der Waals surface area contributed by atoms with Crippen LogP contribution < -0.4 is 10.6 Å². The van der Waals surface area contributed by atoms with Gasteiger partial charge in [-0.05, 0) is 38.3 Å². The van der Waals surface area contributed by atoms with Crippen LogP contribution in [0, 0.1) is 11.6 Å². The predicted octanol–water partition coefficient (Wildman–Crippen LogP) is 2.76. The number of hydrogen-bond acceptors (Lipinski definition) is 2. The molecule has 1 aromatic rings. The standard InChI is InChI=1S/C13H18F2N2/c1-13(2,16)9-7-10(14)11(15)8-12(9)17-5-3-4-6-17/h7-8H,3-6,16H2,1-2H3. The maximum atomic E-state index is 13.4. The molecule has 0 radical (unpaired) electrons. The largest absolute Gasteiger partial charge is 0.371 e. The maximum Gasteiger partial charge on any atom is 0.160 e. The second-order valence-corrected chi connectivity index (χ2v) is 5.20. The SMILES string of the molecule is CC(C)(N)c1cc(F)c(F)cc1N1CCCC1. The van der Waals surface area contributed by atoms with Crippen LogP contribution in [-0.2, 0) is 5.54 Å². The molecule has 0 aromatic heterocycles. The summed E-state index contributed by atoms with van der Waals surface area (Å²) in [4.78, 5) is 2.08. The highest BCUT2D eigenvalue weighted by Gasteiger charge is 2.25. The summed E-state index contributed by atoms with van der Waals surface area (Å²) in [6.07, 6.45) is 2.17. The van der Waals surface area contributed by atoms with Crippen molar-refractivity contribution in [3.8, 4) is 0 Å². The number of benzene rings is 1. The lowest BCUT2D eigenvalue weighted by Crippen LogP contribution is -2.32. The molecule has 1 aromatic carbocycles. The van der Waals surface area contributed by atoms with E-state index in [1.807, 2.05) is 0 Å². The highest BCUT2D eigenvalue weighted by Crippen LogP contribution is 2.32. The Morgan fingerprint density at radius 3 is 2.18 bits per heavy atom. The lowest BCUT2D eigenvalue weighted by molar-refractivity contribution is 0.493. The highest BCUT2D eigenvalue weighted by molar-refractivity contribution is 5.57. The first-order chi connectivity index (χ1) is 7.89. The molecule has 0 unspecified atom stereocenters. The Balaban J connectivity index is 2.51. The quantitative estimate of drug-likeness (QED) is 0.861. The Hall–Kier alpha value is -1.16. The third kappa shape index (κ3) is 2.41. The lowest BCUT2D eigenvalue weighted by atomic mass is 9.93. The summed E-state index contributed by atoms with van der Waals surface area (Å²) >= 11 is 0. The molecule has 0 spiro atoms. The van der Waals surface area contributed by atoms with Crippen LogP contribution in [0.2, 0.25) is 0 Å². The molecule has 4 heteroatoms. The monoisotopic (exact) mass is 240 g/mol. The van der Waals surface area contributed by atoms with Gasteiger partial charge in [0.1, 0.15) is 0 Å². The smallest absolute Gasteiger partial charge is 0.160 e. The Morgan fingerprint density at radius 2 is 1.65 bits per heavy atom. The van der Waals surface area contributed by atoms with Crippen molar-refractivity contribution in [3.05, 3.63) is 29.3 Å². The van der Waals surface area contributed by atoms with Crippen molar-refractivity contribution in [3.63, 3.8) is 0 Å². The molecule has 1 aliphatic heterocycles. The van der Waals surface area contributed by atoms with Gasteiger partial charge >= 0.3 is 0 Å². The molecule has 17 heavy (non-hydrogen) atoms. The van der Waals surface area contributed by atoms with E-state index in [4.69, 9.17) is 5.73 Å². The van der Waals surface area contributed by atoms with Gasteiger partial charge in [0.15, 0.2) is 11.6 Å². The first-order valence-corrected chi connectivity index (χ1v) is 5.93. The topological polar surface area (TPSA) is 29.3 Å². The van der Waals surface area contributed by atoms with Crippen molar-refractivity contribution in [2.45, 2.75) is 32.2 Å². The fraction of sp³-hybridized carbons (Fsp3) is 0.538. The normalized spacial score (nSPS) is 16.6. The Kier molecular flexibility index (Phi) is 3.08. The fourth-order valence-corrected chi connectivity index (χ4v) is 2.27. The van der Waals surface area contributed by atoms with E-state index in [2.05, 4.69) is 4.90 Å². The van der Waals surface area contributed by atoms with E-state index >= 15 is 0 Å². The Morgan fingerprint density at radius 1 is 1.12 bits per heavy atom. The maximum absolute atomic E-state index is 13.4. The molecule has 0 saturated carbocycles. The van der Waals surface area contributed by atoms with Gasteiger partial charge in [0.25, 0.3) is 0 Å². The van der Waals surface area contributed by atoms with Gasteiger partial charge in [0, 0.05) is 30.4 Å². The second-order valence-electron chi connectivity index (χ2n) is 5.20. The van der Waals surface area contributed by atoms with Crippen LogP contribution >= 0.6 is 0 Å². The molecule has 2 rings (SSSR count). The van der Waals surface area contributed by atoms with Crippen LogP contribution in [0.3, 0.4) is 0 Å². The zero-order valence-corrected chi connectivity index (χ0v) is 10.3.